The fourth-order valence-corrected chi connectivity index (χ4v) is 0.330. The molecule has 1 rings (SSSR count). The maximum absolute atomic E-state index is 3.72. The van der Waals surface area contributed by atoms with E-state index >= 15 is 0 Å². The SMILES string of the molecule is C1=CNN=CC1. The summed E-state index contributed by atoms with van der Waals surface area (Å²) < 4.78 is 0. The Hall–Kier alpha value is -0.790. The fourth-order valence-electron chi connectivity index (χ4n) is 0.330. The molecular weight excluding hydrogens is 76.1 g/mol. The van der Waals surface area contributed by atoms with Gasteiger partial charge in [-0.3, -0.25) is 5.43 Å². The summed E-state index contributed by atoms with van der Waals surface area (Å²) in [6.07, 6.45) is 6.61. The molecule has 1 N–H and O–H groups in total. The van der Waals surface area contributed by atoms with E-state index in [1.165, 1.54) is 0 Å². The Morgan fingerprint density at radius 3 is 2.83 bits per heavy atom. The standard InChI is InChI=1S/C4H6N2/c1-2-4-6-5-3-1/h1,3-5H,2H2. The highest BCUT2D eigenvalue weighted by Gasteiger charge is 1.74. The zero-order chi connectivity index (χ0) is 4.24. The average molecular weight is 82.1 g/mol. The molecule has 0 atom stereocenters. The van der Waals surface area contributed by atoms with E-state index in [4.69, 9.17) is 0 Å². The number of hydrazone groups is 1. The highest BCUT2D eigenvalue weighted by molar-refractivity contribution is 5.59. The molecule has 32 valence electrons. The minimum Gasteiger partial charge on any atom is -0.286 e. The maximum atomic E-state index is 3.72. The van der Waals surface area contributed by atoms with Gasteiger partial charge in [-0.1, -0.05) is 6.08 Å². The molecule has 0 spiro atoms. The van der Waals surface area contributed by atoms with Crippen LogP contribution in [0.5, 0.6) is 0 Å². The molecule has 0 aliphatic carbocycles. The van der Waals surface area contributed by atoms with Crippen LogP contribution in [0.4, 0.5) is 0 Å². The van der Waals surface area contributed by atoms with E-state index in [1.807, 2.05) is 18.5 Å². The predicted molar refractivity (Wildman–Crippen MR) is 25.4 cm³/mol. The van der Waals surface area contributed by atoms with Crippen LogP contribution in [-0.2, 0) is 0 Å². The Bertz CT molecular complexity index is 63.5. The Balaban J connectivity index is 2.40. The first-order chi connectivity index (χ1) is 3.00. The van der Waals surface area contributed by atoms with Crippen molar-refractivity contribution in [1.29, 1.82) is 0 Å². The highest BCUT2D eigenvalue weighted by Crippen LogP contribution is 1.79. The number of nitrogens with one attached hydrogen (secondary N) is 1. The van der Waals surface area contributed by atoms with E-state index in [0.717, 1.165) is 6.42 Å². The lowest BCUT2D eigenvalue weighted by Crippen LogP contribution is -1.96. The molecule has 0 saturated carbocycles. The molecule has 0 aromatic heterocycles. The smallest absolute Gasteiger partial charge is 0.0285 e. The number of allylic oxidation sites excluding steroid dienone is 1. The minimum atomic E-state index is 0.965. The molecule has 0 radical (unpaired) electrons. The van der Waals surface area contributed by atoms with Gasteiger partial charge in [-0.15, -0.1) is 0 Å². The van der Waals surface area contributed by atoms with Crippen molar-refractivity contribution in [3.05, 3.63) is 12.3 Å². The topological polar surface area (TPSA) is 24.4 Å². The Morgan fingerprint density at radius 1 is 1.67 bits per heavy atom. The number of rotatable bonds is 0. The normalized spacial score (nSPS) is 17.3. The van der Waals surface area contributed by atoms with Crippen molar-refractivity contribution in [2.75, 3.05) is 0 Å². The van der Waals surface area contributed by atoms with Gasteiger partial charge in [0.25, 0.3) is 0 Å². The molecule has 2 nitrogen and oxygen atoms in total. The summed E-state index contributed by atoms with van der Waals surface area (Å²) >= 11 is 0. The van der Waals surface area contributed by atoms with Gasteiger partial charge in [0, 0.05) is 18.8 Å². The van der Waals surface area contributed by atoms with Gasteiger partial charge in [-0.2, -0.15) is 5.10 Å². The molecule has 0 aromatic rings. The van der Waals surface area contributed by atoms with E-state index in [1.54, 1.807) is 0 Å². The molecule has 0 fully saturated rings. The third-order valence-corrected chi connectivity index (χ3v) is 0.600. The molecule has 0 bridgehead atoms. The zero-order valence-electron chi connectivity index (χ0n) is 3.39. The van der Waals surface area contributed by atoms with Gasteiger partial charge in [-0.25, -0.2) is 0 Å². The predicted octanol–water partition coefficient (Wildman–Crippen LogP) is 0.479. The van der Waals surface area contributed by atoms with Gasteiger partial charge < -0.3 is 0 Å². The van der Waals surface area contributed by atoms with Crippen LogP contribution in [0.25, 0.3) is 0 Å². The van der Waals surface area contributed by atoms with Crippen molar-refractivity contribution in [2.24, 2.45) is 5.10 Å². The molecule has 0 saturated heterocycles. The Kier molecular flexibility index (Phi) is 0.906. The van der Waals surface area contributed by atoms with Crippen molar-refractivity contribution in [3.63, 3.8) is 0 Å². The summed E-state index contributed by atoms with van der Waals surface area (Å²) in [5.74, 6) is 0. The second-order valence-corrected chi connectivity index (χ2v) is 1.08. The number of nitrogens with zero attached hydrogens (tertiary/aromatic N) is 1. The fraction of sp³-hybridized carbons (Fsp3) is 0.250. The quantitative estimate of drug-likeness (QED) is 0.451. The van der Waals surface area contributed by atoms with E-state index in [-0.39, 0.29) is 0 Å². The first-order valence-electron chi connectivity index (χ1n) is 1.92. The number of hydrogen-bond donors (Lipinski definition) is 1. The molecule has 1 aliphatic heterocycles. The lowest BCUT2D eigenvalue weighted by Gasteiger charge is -1.91. The Morgan fingerprint density at radius 2 is 2.67 bits per heavy atom. The van der Waals surface area contributed by atoms with Crippen molar-refractivity contribution in [1.82, 2.24) is 5.43 Å². The molecule has 1 aliphatic rings. The molecule has 6 heavy (non-hydrogen) atoms. The Labute approximate surface area is 36.6 Å². The van der Waals surface area contributed by atoms with E-state index < -0.39 is 0 Å². The lowest BCUT2D eigenvalue weighted by atomic mass is 10.4. The van der Waals surface area contributed by atoms with E-state index in [0.29, 0.717) is 0 Å². The van der Waals surface area contributed by atoms with Crippen molar-refractivity contribution in [3.8, 4) is 0 Å². The summed E-state index contributed by atoms with van der Waals surface area (Å²) in [5.41, 5.74) is 2.67. The van der Waals surface area contributed by atoms with Crippen molar-refractivity contribution in [2.45, 2.75) is 6.42 Å². The summed E-state index contributed by atoms with van der Waals surface area (Å²) in [5, 5.41) is 3.72. The summed E-state index contributed by atoms with van der Waals surface area (Å²) in [6, 6.07) is 0. The van der Waals surface area contributed by atoms with Crippen LogP contribution < -0.4 is 5.43 Å². The van der Waals surface area contributed by atoms with Gasteiger partial charge in [-0.05, 0) is 0 Å². The molecule has 0 aromatic carbocycles. The van der Waals surface area contributed by atoms with Crippen LogP contribution >= 0.6 is 0 Å². The van der Waals surface area contributed by atoms with Crippen LogP contribution in [-0.4, -0.2) is 6.21 Å². The van der Waals surface area contributed by atoms with Crippen LogP contribution in [0, 0.1) is 0 Å². The summed E-state index contributed by atoms with van der Waals surface area (Å²) in [7, 11) is 0. The third kappa shape index (κ3) is 0.578. The molecule has 2 heteroatoms. The van der Waals surface area contributed by atoms with Crippen LogP contribution in [0.15, 0.2) is 17.4 Å². The molecule has 0 amide bonds. The van der Waals surface area contributed by atoms with Gasteiger partial charge in [0.1, 0.15) is 0 Å². The molecule has 1 heterocycles. The van der Waals surface area contributed by atoms with Gasteiger partial charge in [0.2, 0.25) is 0 Å². The van der Waals surface area contributed by atoms with E-state index in [2.05, 4.69) is 10.5 Å². The molecule has 0 unspecified atom stereocenters. The second kappa shape index (κ2) is 1.60. The second-order valence-electron chi connectivity index (χ2n) is 1.08. The van der Waals surface area contributed by atoms with Gasteiger partial charge in [0.05, 0.1) is 0 Å². The zero-order valence-corrected chi connectivity index (χ0v) is 3.39. The minimum absolute atomic E-state index is 0.965. The van der Waals surface area contributed by atoms with Gasteiger partial charge in [0.15, 0.2) is 0 Å². The average Bonchev–Trinajstić information content (AvgIpc) is 1.72. The largest absolute Gasteiger partial charge is 0.286 e. The van der Waals surface area contributed by atoms with Crippen molar-refractivity contribution < 1.29 is 0 Å². The van der Waals surface area contributed by atoms with E-state index in [9.17, 15) is 0 Å². The monoisotopic (exact) mass is 82.1 g/mol. The summed E-state index contributed by atoms with van der Waals surface area (Å²) in [6.45, 7) is 0. The first kappa shape index (κ1) is 3.40. The summed E-state index contributed by atoms with van der Waals surface area (Å²) in [4.78, 5) is 0. The van der Waals surface area contributed by atoms with Crippen LogP contribution in [0.2, 0.25) is 0 Å². The van der Waals surface area contributed by atoms with Crippen LogP contribution in [0.3, 0.4) is 0 Å². The van der Waals surface area contributed by atoms with Gasteiger partial charge >= 0.3 is 0 Å². The number of hydrogen-bond acceptors (Lipinski definition) is 2. The lowest BCUT2D eigenvalue weighted by molar-refractivity contribution is 0.947. The van der Waals surface area contributed by atoms with Crippen molar-refractivity contribution >= 4 is 6.21 Å². The third-order valence-electron chi connectivity index (χ3n) is 0.600. The highest BCUT2D eigenvalue weighted by atomic mass is 15.3. The maximum Gasteiger partial charge on any atom is 0.0285 e. The molecular formula is C4H6N2. The first-order valence-corrected chi connectivity index (χ1v) is 1.92. The van der Waals surface area contributed by atoms with Crippen LogP contribution in [0.1, 0.15) is 6.42 Å².